The highest BCUT2D eigenvalue weighted by molar-refractivity contribution is 5.73. The van der Waals surface area contributed by atoms with E-state index in [1.165, 1.54) is 19.3 Å². The minimum atomic E-state index is -0.507. The Bertz CT molecular complexity index is 517. The molecular formula is C18H30N4O2. The molecule has 6 heteroatoms. The number of hydrogen-bond acceptors (Lipinski definition) is 4. The molecule has 2 heterocycles. The first-order valence-corrected chi connectivity index (χ1v) is 8.99. The normalized spacial score (nSPS) is 17.2. The molecule has 6 nitrogen and oxygen atoms in total. The molecule has 0 aliphatic carbocycles. The lowest BCUT2D eigenvalue weighted by Gasteiger charge is -2.27. The molecule has 1 aromatic heterocycles. The Morgan fingerprint density at radius 1 is 1.33 bits per heavy atom. The van der Waals surface area contributed by atoms with E-state index >= 15 is 0 Å². The highest BCUT2D eigenvalue weighted by Gasteiger charge is 2.14. The Balaban J connectivity index is 1.78. The fraction of sp³-hybridized carbons (Fsp3) is 0.667. The van der Waals surface area contributed by atoms with Crippen LogP contribution >= 0.6 is 0 Å². The number of nitrogens with one attached hydrogen (secondary N) is 2. The minimum absolute atomic E-state index is 0.178. The molecule has 2 atom stereocenters. The third-order valence-electron chi connectivity index (χ3n) is 4.72. The third-order valence-corrected chi connectivity index (χ3v) is 4.72. The van der Waals surface area contributed by atoms with E-state index in [0.29, 0.717) is 6.54 Å². The van der Waals surface area contributed by atoms with Gasteiger partial charge in [0, 0.05) is 32.4 Å². The first-order valence-electron chi connectivity index (χ1n) is 8.99. The second-order valence-electron chi connectivity index (χ2n) is 6.59. The summed E-state index contributed by atoms with van der Waals surface area (Å²) in [5.74, 6) is 1.17. The van der Waals surface area contributed by atoms with Crippen LogP contribution < -0.4 is 15.5 Å². The van der Waals surface area contributed by atoms with Gasteiger partial charge in [0.1, 0.15) is 5.82 Å². The first kappa shape index (κ1) is 18.5. The van der Waals surface area contributed by atoms with Gasteiger partial charge in [0.05, 0.1) is 6.10 Å². The zero-order valence-electron chi connectivity index (χ0n) is 14.8. The zero-order chi connectivity index (χ0) is 17.4. The lowest BCUT2D eigenvalue weighted by atomic mass is 10.0. The van der Waals surface area contributed by atoms with Crippen LogP contribution in [0.3, 0.4) is 0 Å². The number of aliphatic hydroxyl groups is 1. The number of rotatable bonds is 7. The van der Waals surface area contributed by atoms with Gasteiger partial charge in [-0.15, -0.1) is 0 Å². The molecule has 0 radical (unpaired) electrons. The summed E-state index contributed by atoms with van der Waals surface area (Å²) < 4.78 is 0. The summed E-state index contributed by atoms with van der Waals surface area (Å²) in [6.45, 7) is 6.83. The van der Waals surface area contributed by atoms with Gasteiger partial charge < -0.3 is 20.6 Å². The number of aromatic nitrogens is 1. The molecule has 1 aliphatic rings. The van der Waals surface area contributed by atoms with Crippen molar-refractivity contribution in [3.63, 3.8) is 0 Å². The summed E-state index contributed by atoms with van der Waals surface area (Å²) in [6.07, 6.45) is 5.90. The van der Waals surface area contributed by atoms with Crippen LogP contribution in [0.4, 0.5) is 10.6 Å². The highest BCUT2D eigenvalue weighted by Crippen LogP contribution is 2.18. The SMILES string of the molecule is CCC(C)C(O)CNC(=O)NCc1ccnc(N2CCCCC2)c1. The van der Waals surface area contributed by atoms with Crippen molar-refractivity contribution in [2.24, 2.45) is 5.92 Å². The fourth-order valence-electron chi connectivity index (χ4n) is 2.78. The summed E-state index contributed by atoms with van der Waals surface area (Å²) in [4.78, 5) is 18.6. The molecule has 134 valence electrons. The lowest BCUT2D eigenvalue weighted by Crippen LogP contribution is -2.41. The average Bonchev–Trinajstić information content (AvgIpc) is 2.64. The van der Waals surface area contributed by atoms with E-state index in [2.05, 4.69) is 20.5 Å². The molecule has 1 aromatic rings. The average molecular weight is 334 g/mol. The summed E-state index contributed by atoms with van der Waals surface area (Å²) in [6, 6.07) is 3.70. The van der Waals surface area contributed by atoms with Gasteiger partial charge in [-0.05, 0) is 42.9 Å². The third kappa shape index (κ3) is 5.67. The Morgan fingerprint density at radius 3 is 2.79 bits per heavy atom. The number of hydrogen-bond donors (Lipinski definition) is 3. The van der Waals surface area contributed by atoms with Gasteiger partial charge in [-0.1, -0.05) is 20.3 Å². The van der Waals surface area contributed by atoms with Crippen molar-refractivity contribution in [3.8, 4) is 0 Å². The molecule has 1 fully saturated rings. The smallest absolute Gasteiger partial charge is 0.315 e. The van der Waals surface area contributed by atoms with Crippen LogP contribution in [-0.4, -0.2) is 41.9 Å². The molecule has 1 aliphatic heterocycles. The molecule has 2 rings (SSSR count). The van der Waals surface area contributed by atoms with Crippen LogP contribution in [-0.2, 0) is 6.54 Å². The number of piperidine rings is 1. The van der Waals surface area contributed by atoms with Crippen LogP contribution in [0, 0.1) is 5.92 Å². The lowest BCUT2D eigenvalue weighted by molar-refractivity contribution is 0.114. The Labute approximate surface area is 144 Å². The van der Waals surface area contributed by atoms with Crippen LogP contribution in [0.15, 0.2) is 18.3 Å². The van der Waals surface area contributed by atoms with E-state index < -0.39 is 6.10 Å². The maximum atomic E-state index is 11.9. The van der Waals surface area contributed by atoms with Crippen molar-refractivity contribution < 1.29 is 9.90 Å². The molecule has 0 saturated carbocycles. The number of aliphatic hydroxyl groups excluding tert-OH is 1. The van der Waals surface area contributed by atoms with Crippen molar-refractivity contribution in [2.75, 3.05) is 24.5 Å². The predicted octanol–water partition coefficient (Wildman–Crippen LogP) is 2.28. The second kappa shape index (κ2) is 9.47. The Hall–Kier alpha value is -1.82. The van der Waals surface area contributed by atoms with Gasteiger partial charge in [-0.3, -0.25) is 0 Å². The minimum Gasteiger partial charge on any atom is -0.391 e. The predicted molar refractivity (Wildman–Crippen MR) is 96.0 cm³/mol. The van der Waals surface area contributed by atoms with Gasteiger partial charge in [-0.25, -0.2) is 9.78 Å². The maximum Gasteiger partial charge on any atom is 0.315 e. The van der Waals surface area contributed by atoms with Crippen molar-refractivity contribution in [3.05, 3.63) is 23.9 Å². The topological polar surface area (TPSA) is 77.5 Å². The molecule has 0 spiro atoms. The molecule has 2 amide bonds. The van der Waals surface area contributed by atoms with E-state index in [1.807, 2.05) is 26.0 Å². The van der Waals surface area contributed by atoms with Gasteiger partial charge in [-0.2, -0.15) is 0 Å². The number of carbonyl (C=O) groups excluding carboxylic acids is 1. The van der Waals surface area contributed by atoms with Crippen molar-refractivity contribution in [2.45, 2.75) is 52.2 Å². The van der Waals surface area contributed by atoms with E-state index in [-0.39, 0.29) is 18.5 Å². The summed E-state index contributed by atoms with van der Waals surface area (Å²) in [5.41, 5.74) is 1.03. The summed E-state index contributed by atoms with van der Waals surface area (Å²) in [5, 5.41) is 15.4. The van der Waals surface area contributed by atoms with Gasteiger partial charge in [0.25, 0.3) is 0 Å². The number of amides is 2. The zero-order valence-corrected chi connectivity index (χ0v) is 14.8. The van der Waals surface area contributed by atoms with E-state index in [0.717, 1.165) is 30.9 Å². The Morgan fingerprint density at radius 2 is 2.08 bits per heavy atom. The molecule has 0 bridgehead atoms. The standard InChI is InChI=1S/C18H30N4O2/c1-3-14(2)16(23)13-21-18(24)20-12-15-7-8-19-17(11-15)22-9-5-4-6-10-22/h7-8,11,14,16,23H,3-6,9-10,12-13H2,1-2H3,(H2,20,21,24). The monoisotopic (exact) mass is 334 g/mol. The fourth-order valence-corrected chi connectivity index (χ4v) is 2.78. The quantitative estimate of drug-likeness (QED) is 0.715. The van der Waals surface area contributed by atoms with Crippen LogP contribution in [0.25, 0.3) is 0 Å². The van der Waals surface area contributed by atoms with Crippen molar-refractivity contribution in [1.29, 1.82) is 0 Å². The molecule has 24 heavy (non-hydrogen) atoms. The van der Waals surface area contributed by atoms with Crippen molar-refractivity contribution >= 4 is 11.8 Å². The Kier molecular flexibility index (Phi) is 7.31. The van der Waals surface area contributed by atoms with Crippen LogP contribution in [0.2, 0.25) is 0 Å². The van der Waals surface area contributed by atoms with Crippen molar-refractivity contribution in [1.82, 2.24) is 15.6 Å². The molecule has 0 aromatic carbocycles. The van der Waals surface area contributed by atoms with E-state index in [9.17, 15) is 9.90 Å². The second-order valence-corrected chi connectivity index (χ2v) is 6.59. The van der Waals surface area contributed by atoms with E-state index in [1.54, 1.807) is 6.20 Å². The number of urea groups is 1. The maximum absolute atomic E-state index is 11.9. The summed E-state index contributed by atoms with van der Waals surface area (Å²) >= 11 is 0. The molecule has 3 N–H and O–H groups in total. The molecular weight excluding hydrogens is 304 g/mol. The van der Waals surface area contributed by atoms with Crippen LogP contribution in [0.5, 0.6) is 0 Å². The van der Waals surface area contributed by atoms with Gasteiger partial charge in [0.15, 0.2) is 0 Å². The number of nitrogens with zero attached hydrogens (tertiary/aromatic N) is 2. The molecule has 1 saturated heterocycles. The summed E-state index contributed by atoms with van der Waals surface area (Å²) in [7, 11) is 0. The highest BCUT2D eigenvalue weighted by atomic mass is 16.3. The number of pyridine rings is 1. The first-order chi connectivity index (χ1) is 11.6. The van der Waals surface area contributed by atoms with Crippen LogP contribution in [0.1, 0.15) is 45.1 Å². The van der Waals surface area contributed by atoms with Gasteiger partial charge in [0.2, 0.25) is 0 Å². The van der Waals surface area contributed by atoms with Gasteiger partial charge >= 0.3 is 6.03 Å². The number of anilines is 1. The largest absolute Gasteiger partial charge is 0.391 e. The van der Waals surface area contributed by atoms with E-state index in [4.69, 9.17) is 0 Å². The molecule has 2 unspecified atom stereocenters. The number of carbonyl (C=O) groups is 1.